The zero-order valence-electron chi connectivity index (χ0n) is 17.7. The molecule has 8 heteroatoms. The van der Waals surface area contributed by atoms with Gasteiger partial charge in [0.2, 0.25) is 5.91 Å². The topological polar surface area (TPSA) is 83.6 Å². The van der Waals surface area contributed by atoms with Gasteiger partial charge in [-0.3, -0.25) is 4.79 Å². The minimum Gasteiger partial charge on any atom is -0.316 e. The van der Waals surface area contributed by atoms with Crippen LogP contribution in [0.25, 0.3) is 0 Å². The molecule has 0 bridgehead atoms. The number of nitrogens with one attached hydrogen (secondary N) is 1. The van der Waals surface area contributed by atoms with Gasteiger partial charge in [-0.15, -0.1) is 21.5 Å². The molecule has 1 amide bonds. The molecule has 0 saturated carbocycles. The summed E-state index contributed by atoms with van der Waals surface area (Å²) < 4.78 is 1.94. The van der Waals surface area contributed by atoms with Crippen molar-refractivity contribution >= 4 is 34.0 Å². The van der Waals surface area contributed by atoms with Crippen molar-refractivity contribution in [2.24, 2.45) is 7.05 Å². The lowest BCUT2D eigenvalue weighted by Crippen LogP contribution is -2.22. The SMILES string of the molecule is C[C@H](Sc1nnc(Cc2ccccc2)n1C)C(=O)Nc1sc2c(c1C#N)CCCCC2. The zero-order valence-corrected chi connectivity index (χ0v) is 19.4. The maximum atomic E-state index is 12.9. The molecule has 0 saturated heterocycles. The quantitative estimate of drug-likeness (QED) is 0.433. The van der Waals surface area contributed by atoms with Crippen molar-refractivity contribution in [3.63, 3.8) is 0 Å². The lowest BCUT2D eigenvalue weighted by Gasteiger charge is -2.11. The fraction of sp³-hybridized carbons (Fsp3) is 0.391. The fourth-order valence-electron chi connectivity index (χ4n) is 3.75. The number of thioether (sulfide) groups is 1. The van der Waals surface area contributed by atoms with Gasteiger partial charge in [-0.1, -0.05) is 48.5 Å². The normalized spacial score (nSPS) is 14.4. The van der Waals surface area contributed by atoms with E-state index in [0.29, 0.717) is 22.1 Å². The van der Waals surface area contributed by atoms with Gasteiger partial charge in [0.1, 0.15) is 16.9 Å². The van der Waals surface area contributed by atoms with Gasteiger partial charge < -0.3 is 9.88 Å². The number of nitrogens with zero attached hydrogens (tertiary/aromatic N) is 4. The molecule has 31 heavy (non-hydrogen) atoms. The van der Waals surface area contributed by atoms with Crippen molar-refractivity contribution in [2.75, 3.05) is 5.32 Å². The van der Waals surface area contributed by atoms with Crippen LogP contribution in [0, 0.1) is 11.3 Å². The molecule has 160 valence electrons. The Morgan fingerprint density at radius 1 is 1.26 bits per heavy atom. The largest absolute Gasteiger partial charge is 0.316 e. The lowest BCUT2D eigenvalue weighted by atomic mass is 10.1. The number of aromatic nitrogens is 3. The molecule has 0 radical (unpaired) electrons. The highest BCUT2D eigenvalue weighted by Crippen LogP contribution is 2.37. The van der Waals surface area contributed by atoms with E-state index in [1.54, 1.807) is 11.3 Å². The number of amides is 1. The van der Waals surface area contributed by atoms with Gasteiger partial charge in [0, 0.05) is 18.3 Å². The second-order valence-corrected chi connectivity index (χ2v) is 10.2. The molecule has 0 aliphatic heterocycles. The van der Waals surface area contributed by atoms with Crippen LogP contribution in [-0.2, 0) is 31.1 Å². The molecule has 1 atom stereocenters. The average molecular weight is 452 g/mol. The average Bonchev–Trinajstić information content (AvgIpc) is 3.17. The van der Waals surface area contributed by atoms with Crippen LogP contribution in [0.2, 0.25) is 0 Å². The summed E-state index contributed by atoms with van der Waals surface area (Å²) in [6.07, 6.45) is 6.07. The van der Waals surface area contributed by atoms with Gasteiger partial charge in [-0.2, -0.15) is 5.26 Å². The van der Waals surface area contributed by atoms with Gasteiger partial charge >= 0.3 is 0 Å². The van der Waals surface area contributed by atoms with Crippen molar-refractivity contribution in [1.82, 2.24) is 14.8 Å². The number of aryl methyl sites for hydroxylation is 1. The Hall–Kier alpha value is -2.63. The Kier molecular flexibility index (Phi) is 6.73. The molecule has 0 fully saturated rings. The van der Waals surface area contributed by atoms with E-state index in [9.17, 15) is 10.1 Å². The number of fused-ring (bicyclic) bond motifs is 1. The summed E-state index contributed by atoms with van der Waals surface area (Å²) in [7, 11) is 1.93. The Labute approximate surface area is 190 Å². The Morgan fingerprint density at radius 3 is 2.81 bits per heavy atom. The second-order valence-electron chi connectivity index (χ2n) is 7.75. The summed E-state index contributed by atoms with van der Waals surface area (Å²) in [6, 6.07) is 12.5. The predicted molar refractivity (Wildman–Crippen MR) is 124 cm³/mol. The molecular weight excluding hydrogens is 426 g/mol. The first-order chi connectivity index (χ1) is 15.1. The molecule has 2 aromatic heterocycles. The molecule has 0 unspecified atom stereocenters. The summed E-state index contributed by atoms with van der Waals surface area (Å²) in [6.45, 7) is 1.86. The smallest absolute Gasteiger partial charge is 0.238 e. The van der Waals surface area contributed by atoms with E-state index in [4.69, 9.17) is 0 Å². The van der Waals surface area contributed by atoms with Gasteiger partial charge in [0.15, 0.2) is 5.16 Å². The Bertz CT molecular complexity index is 1110. The maximum Gasteiger partial charge on any atom is 0.238 e. The molecule has 6 nitrogen and oxygen atoms in total. The van der Waals surface area contributed by atoms with Gasteiger partial charge in [-0.25, -0.2) is 0 Å². The molecule has 4 rings (SSSR count). The van der Waals surface area contributed by atoms with Gasteiger partial charge in [0.25, 0.3) is 0 Å². The minimum absolute atomic E-state index is 0.120. The number of hydrogen-bond donors (Lipinski definition) is 1. The van der Waals surface area contributed by atoms with Crippen molar-refractivity contribution in [1.29, 1.82) is 5.26 Å². The molecule has 0 spiro atoms. The van der Waals surface area contributed by atoms with Crippen molar-refractivity contribution in [3.8, 4) is 6.07 Å². The summed E-state index contributed by atoms with van der Waals surface area (Å²) in [5.41, 5.74) is 2.96. The van der Waals surface area contributed by atoms with Crippen molar-refractivity contribution in [2.45, 2.75) is 55.9 Å². The second kappa shape index (κ2) is 9.67. The van der Waals surface area contributed by atoms with Gasteiger partial charge in [0.05, 0.1) is 10.8 Å². The standard InChI is InChI=1S/C23H25N5OS2/c1-15(30-23-27-26-20(28(23)2)13-16-9-5-3-6-10-16)21(29)25-22-18(14-24)17-11-7-4-8-12-19(17)31-22/h3,5-6,9-10,15H,4,7-8,11-13H2,1-2H3,(H,25,29)/t15-/m0/s1. The predicted octanol–water partition coefficient (Wildman–Crippen LogP) is 4.73. The minimum atomic E-state index is -0.360. The van der Waals surface area contributed by atoms with Gasteiger partial charge in [-0.05, 0) is 43.7 Å². The van der Waals surface area contributed by atoms with Crippen LogP contribution in [0.1, 0.15) is 53.6 Å². The molecule has 1 aromatic carbocycles. The van der Waals surface area contributed by atoms with Crippen LogP contribution in [-0.4, -0.2) is 25.9 Å². The van der Waals surface area contributed by atoms with E-state index in [1.807, 2.05) is 36.7 Å². The van der Waals surface area contributed by atoms with Crippen LogP contribution < -0.4 is 5.32 Å². The molecule has 1 aliphatic rings. The molecule has 3 aromatic rings. The monoisotopic (exact) mass is 451 g/mol. The molecular formula is C23H25N5OS2. The Morgan fingerprint density at radius 2 is 2.03 bits per heavy atom. The van der Waals surface area contributed by atoms with E-state index in [2.05, 4.69) is 33.7 Å². The zero-order chi connectivity index (χ0) is 21.8. The highest BCUT2D eigenvalue weighted by molar-refractivity contribution is 8.00. The fourth-order valence-corrected chi connectivity index (χ4v) is 5.83. The summed E-state index contributed by atoms with van der Waals surface area (Å²) in [5, 5.41) is 22.3. The summed E-state index contributed by atoms with van der Waals surface area (Å²) >= 11 is 2.94. The van der Waals surface area contributed by atoms with E-state index in [0.717, 1.165) is 37.1 Å². The number of hydrogen-bond acceptors (Lipinski definition) is 6. The highest BCUT2D eigenvalue weighted by atomic mass is 32.2. The number of anilines is 1. The number of benzene rings is 1. The van der Waals surface area contributed by atoms with Crippen LogP contribution in [0.5, 0.6) is 0 Å². The number of nitriles is 1. The summed E-state index contributed by atoms with van der Waals surface area (Å²) in [4.78, 5) is 14.1. The first kappa shape index (κ1) is 21.6. The van der Waals surface area contributed by atoms with Crippen molar-refractivity contribution in [3.05, 3.63) is 57.7 Å². The number of carbonyl (C=O) groups is 1. The number of carbonyl (C=O) groups excluding carboxylic acids is 1. The van der Waals surface area contributed by atoms with Crippen LogP contribution in [0.15, 0.2) is 35.5 Å². The first-order valence-corrected chi connectivity index (χ1v) is 12.2. The Balaban J connectivity index is 1.44. The highest BCUT2D eigenvalue weighted by Gasteiger charge is 2.24. The number of rotatable bonds is 6. The third kappa shape index (κ3) is 4.83. The third-order valence-electron chi connectivity index (χ3n) is 5.55. The van der Waals surface area contributed by atoms with Crippen LogP contribution in [0.3, 0.4) is 0 Å². The number of thiophene rings is 1. The summed E-state index contributed by atoms with van der Waals surface area (Å²) in [5.74, 6) is 0.737. The van der Waals surface area contributed by atoms with E-state index >= 15 is 0 Å². The first-order valence-electron chi connectivity index (χ1n) is 10.5. The van der Waals surface area contributed by atoms with E-state index in [-0.39, 0.29) is 11.2 Å². The van der Waals surface area contributed by atoms with E-state index in [1.165, 1.54) is 28.6 Å². The third-order valence-corrected chi connectivity index (χ3v) is 7.89. The van der Waals surface area contributed by atoms with Crippen molar-refractivity contribution < 1.29 is 4.79 Å². The maximum absolute atomic E-state index is 12.9. The molecule has 2 heterocycles. The van der Waals surface area contributed by atoms with E-state index < -0.39 is 0 Å². The molecule has 1 aliphatic carbocycles. The van der Waals surface area contributed by atoms with Crippen LogP contribution >= 0.6 is 23.1 Å². The lowest BCUT2D eigenvalue weighted by molar-refractivity contribution is -0.115. The molecule has 1 N–H and O–H groups in total. The van der Waals surface area contributed by atoms with Crippen LogP contribution in [0.4, 0.5) is 5.00 Å².